The van der Waals surface area contributed by atoms with Crippen LogP contribution >= 0.6 is 0 Å². The molecule has 0 spiro atoms. The average Bonchev–Trinajstić information content (AvgIpc) is 2.51. The molecule has 0 saturated carbocycles. The molecule has 1 saturated heterocycles. The van der Waals surface area contributed by atoms with Crippen LogP contribution in [-0.2, 0) is 14.3 Å². The van der Waals surface area contributed by atoms with Crippen LogP contribution in [0, 0.1) is 20.8 Å². The first kappa shape index (κ1) is 18.0. The first-order chi connectivity index (χ1) is 11.3. The fourth-order valence-corrected chi connectivity index (χ4v) is 3.31. The molecule has 1 aliphatic rings. The van der Waals surface area contributed by atoms with Gasteiger partial charge in [0.2, 0.25) is 5.91 Å². The van der Waals surface area contributed by atoms with E-state index in [4.69, 9.17) is 10.5 Å². The summed E-state index contributed by atoms with van der Waals surface area (Å²) >= 11 is 0. The van der Waals surface area contributed by atoms with Crippen molar-refractivity contribution in [1.29, 1.82) is 0 Å². The zero-order valence-electron chi connectivity index (χ0n) is 14.4. The van der Waals surface area contributed by atoms with E-state index in [0.717, 1.165) is 29.5 Å². The molecule has 0 unspecified atom stereocenters. The second-order valence-electron chi connectivity index (χ2n) is 6.35. The quantitative estimate of drug-likeness (QED) is 0.849. The normalized spacial score (nSPS) is 17.5. The number of nitrogens with two attached hydrogens (primary N) is 1. The Morgan fingerprint density at radius 2 is 1.79 bits per heavy atom. The van der Waals surface area contributed by atoms with Crippen molar-refractivity contribution in [3.63, 3.8) is 0 Å². The predicted molar refractivity (Wildman–Crippen MR) is 89.5 cm³/mol. The van der Waals surface area contributed by atoms with Crippen LogP contribution in [0.3, 0.4) is 0 Å². The fraction of sp³-hybridized carbons (Fsp3) is 0.500. The van der Waals surface area contributed by atoms with Crippen LogP contribution in [0.4, 0.5) is 0 Å². The zero-order valence-corrected chi connectivity index (χ0v) is 14.4. The molecule has 1 heterocycles. The number of esters is 1. The van der Waals surface area contributed by atoms with E-state index >= 15 is 0 Å². The molecule has 1 aromatic rings. The number of hydrogen-bond acceptors (Lipinski definition) is 4. The van der Waals surface area contributed by atoms with Crippen molar-refractivity contribution in [2.75, 3.05) is 13.2 Å². The van der Waals surface area contributed by atoms with Gasteiger partial charge in [0.15, 0.2) is 6.61 Å². The van der Waals surface area contributed by atoms with Crippen molar-refractivity contribution in [3.8, 4) is 0 Å². The van der Waals surface area contributed by atoms with E-state index < -0.39 is 17.9 Å². The highest BCUT2D eigenvalue weighted by molar-refractivity contribution is 5.94. The summed E-state index contributed by atoms with van der Waals surface area (Å²) in [7, 11) is 0. The lowest BCUT2D eigenvalue weighted by molar-refractivity contribution is -0.143. The lowest BCUT2D eigenvalue weighted by Crippen LogP contribution is -2.51. The number of nitrogens with zero attached hydrogens (tertiary/aromatic N) is 1. The van der Waals surface area contributed by atoms with Gasteiger partial charge in [0.05, 0.1) is 5.56 Å². The number of rotatable bonds is 4. The summed E-state index contributed by atoms with van der Waals surface area (Å²) in [4.78, 5) is 37.5. The molecule has 130 valence electrons. The number of aryl methyl sites for hydroxylation is 3. The molecular formula is C18H24N2O4. The number of primary amides is 1. The summed E-state index contributed by atoms with van der Waals surface area (Å²) < 4.78 is 5.19. The first-order valence-corrected chi connectivity index (χ1v) is 8.15. The van der Waals surface area contributed by atoms with Crippen LogP contribution in [0.5, 0.6) is 0 Å². The number of ether oxygens (including phenoxy) is 1. The van der Waals surface area contributed by atoms with Crippen LogP contribution in [0.2, 0.25) is 0 Å². The highest BCUT2D eigenvalue weighted by Crippen LogP contribution is 2.19. The van der Waals surface area contributed by atoms with Crippen molar-refractivity contribution < 1.29 is 19.1 Å². The van der Waals surface area contributed by atoms with Gasteiger partial charge in [-0.15, -0.1) is 0 Å². The molecule has 1 aromatic carbocycles. The monoisotopic (exact) mass is 332 g/mol. The third-order valence-electron chi connectivity index (χ3n) is 4.36. The standard InChI is InChI=1S/C18H24N2O4/c1-11-8-12(2)16(13(3)9-11)18(23)24-10-15(21)20-7-5-4-6-14(20)17(19)22/h8-9,14H,4-7,10H2,1-3H3,(H2,19,22)/t14-/m0/s1. The van der Waals surface area contributed by atoms with Crippen LogP contribution in [0.1, 0.15) is 46.3 Å². The van der Waals surface area contributed by atoms with E-state index in [1.807, 2.05) is 32.9 Å². The first-order valence-electron chi connectivity index (χ1n) is 8.15. The molecule has 1 atom stereocenters. The highest BCUT2D eigenvalue weighted by Gasteiger charge is 2.31. The minimum atomic E-state index is -0.604. The Bertz CT molecular complexity index is 646. The van der Waals surface area contributed by atoms with Gasteiger partial charge >= 0.3 is 5.97 Å². The van der Waals surface area contributed by atoms with Crippen LogP contribution < -0.4 is 5.73 Å². The molecule has 0 aromatic heterocycles. The SMILES string of the molecule is Cc1cc(C)c(C(=O)OCC(=O)N2CCCC[C@H]2C(N)=O)c(C)c1. The van der Waals surface area contributed by atoms with Gasteiger partial charge < -0.3 is 15.4 Å². The maximum Gasteiger partial charge on any atom is 0.339 e. The molecular weight excluding hydrogens is 308 g/mol. The van der Waals surface area contributed by atoms with Crippen LogP contribution in [-0.4, -0.2) is 41.9 Å². The molecule has 24 heavy (non-hydrogen) atoms. The number of carbonyl (C=O) groups is 3. The van der Waals surface area contributed by atoms with E-state index in [0.29, 0.717) is 18.5 Å². The molecule has 1 fully saturated rings. The largest absolute Gasteiger partial charge is 0.452 e. The van der Waals surface area contributed by atoms with Crippen molar-refractivity contribution in [2.24, 2.45) is 5.73 Å². The summed E-state index contributed by atoms with van der Waals surface area (Å²) in [5.74, 6) is -1.42. The van der Waals surface area contributed by atoms with Crippen LogP contribution in [0.25, 0.3) is 0 Å². The second kappa shape index (κ2) is 7.47. The Kier molecular flexibility index (Phi) is 5.59. The Hall–Kier alpha value is -2.37. The summed E-state index contributed by atoms with van der Waals surface area (Å²) in [5.41, 5.74) is 8.54. The van der Waals surface area contributed by atoms with E-state index in [1.54, 1.807) is 0 Å². The van der Waals surface area contributed by atoms with Crippen molar-refractivity contribution >= 4 is 17.8 Å². The molecule has 2 amide bonds. The predicted octanol–water partition coefficient (Wildman–Crippen LogP) is 1.64. The smallest absolute Gasteiger partial charge is 0.339 e. The van der Waals surface area contributed by atoms with Gasteiger partial charge in [-0.25, -0.2) is 4.79 Å². The zero-order chi connectivity index (χ0) is 17.9. The summed E-state index contributed by atoms with van der Waals surface area (Å²) in [5, 5.41) is 0. The van der Waals surface area contributed by atoms with Crippen molar-refractivity contribution in [3.05, 3.63) is 34.4 Å². The van der Waals surface area contributed by atoms with Gasteiger partial charge in [-0.05, 0) is 51.2 Å². The lowest BCUT2D eigenvalue weighted by Gasteiger charge is -2.33. The summed E-state index contributed by atoms with van der Waals surface area (Å²) in [6, 6.07) is 3.20. The lowest BCUT2D eigenvalue weighted by atomic mass is 10.00. The summed E-state index contributed by atoms with van der Waals surface area (Å²) in [6.07, 6.45) is 2.24. The molecule has 1 aliphatic heterocycles. The minimum Gasteiger partial charge on any atom is -0.452 e. The summed E-state index contributed by atoms with van der Waals surface area (Å²) in [6.45, 7) is 5.72. The minimum absolute atomic E-state index is 0.380. The number of carbonyl (C=O) groups excluding carboxylic acids is 3. The maximum absolute atomic E-state index is 12.3. The Balaban J connectivity index is 2.03. The third-order valence-corrected chi connectivity index (χ3v) is 4.36. The molecule has 6 heteroatoms. The Morgan fingerprint density at radius 3 is 2.38 bits per heavy atom. The number of benzene rings is 1. The van der Waals surface area contributed by atoms with Gasteiger partial charge in [-0.2, -0.15) is 0 Å². The van der Waals surface area contributed by atoms with Gasteiger partial charge in [-0.1, -0.05) is 17.7 Å². The number of amides is 2. The van der Waals surface area contributed by atoms with Gasteiger partial charge in [0.25, 0.3) is 5.91 Å². The highest BCUT2D eigenvalue weighted by atomic mass is 16.5. The molecule has 0 radical (unpaired) electrons. The molecule has 6 nitrogen and oxygen atoms in total. The van der Waals surface area contributed by atoms with Gasteiger partial charge in [0, 0.05) is 6.54 Å². The average molecular weight is 332 g/mol. The van der Waals surface area contributed by atoms with E-state index in [-0.39, 0.29) is 12.5 Å². The number of piperidine rings is 1. The van der Waals surface area contributed by atoms with E-state index in [2.05, 4.69) is 0 Å². The number of likely N-dealkylation sites (tertiary alicyclic amines) is 1. The van der Waals surface area contributed by atoms with E-state index in [9.17, 15) is 14.4 Å². The van der Waals surface area contributed by atoms with Crippen molar-refractivity contribution in [2.45, 2.75) is 46.1 Å². The van der Waals surface area contributed by atoms with Crippen LogP contribution in [0.15, 0.2) is 12.1 Å². The van der Waals surface area contributed by atoms with Gasteiger partial charge in [0.1, 0.15) is 6.04 Å². The van der Waals surface area contributed by atoms with Crippen molar-refractivity contribution in [1.82, 2.24) is 4.90 Å². The molecule has 0 aliphatic carbocycles. The third kappa shape index (κ3) is 3.93. The van der Waals surface area contributed by atoms with Gasteiger partial charge in [-0.3, -0.25) is 9.59 Å². The molecule has 2 rings (SSSR count). The molecule has 2 N–H and O–H groups in total. The van der Waals surface area contributed by atoms with E-state index in [1.165, 1.54) is 4.90 Å². The Labute approximate surface area is 142 Å². The second-order valence-corrected chi connectivity index (χ2v) is 6.35. The Morgan fingerprint density at radius 1 is 1.17 bits per heavy atom. The fourth-order valence-electron chi connectivity index (χ4n) is 3.31. The molecule has 0 bridgehead atoms. The maximum atomic E-state index is 12.3. The topological polar surface area (TPSA) is 89.7 Å². The number of hydrogen-bond donors (Lipinski definition) is 1.